The average Bonchev–Trinajstić information content (AvgIpc) is 3.91. The van der Waals surface area contributed by atoms with E-state index >= 15 is 0 Å². The van der Waals surface area contributed by atoms with Crippen LogP contribution in [0.3, 0.4) is 0 Å². The molecule has 0 bridgehead atoms. The minimum absolute atomic E-state index is 0.839. The van der Waals surface area contributed by atoms with E-state index in [0.29, 0.717) is 0 Å². The molecule has 12 rings (SSSR count). The molecular formula is C58H37NO2. The molecule has 10 aromatic carbocycles. The van der Waals surface area contributed by atoms with Crippen molar-refractivity contribution in [3.63, 3.8) is 0 Å². The minimum atomic E-state index is 0.839. The highest BCUT2D eigenvalue weighted by molar-refractivity contribution is 6.13. The molecule has 0 saturated carbocycles. The molecule has 2 aromatic heterocycles. The summed E-state index contributed by atoms with van der Waals surface area (Å²) in [6.07, 6.45) is 0. The quantitative estimate of drug-likeness (QED) is 0.161. The van der Waals surface area contributed by atoms with E-state index in [1.54, 1.807) is 0 Å². The summed E-state index contributed by atoms with van der Waals surface area (Å²) >= 11 is 0. The predicted octanol–water partition coefficient (Wildman–Crippen LogP) is 16.8. The molecule has 3 nitrogen and oxygen atoms in total. The molecule has 286 valence electrons. The number of furan rings is 2. The Morgan fingerprint density at radius 1 is 0.279 bits per heavy atom. The Balaban J connectivity index is 0.986. The van der Waals surface area contributed by atoms with Crippen molar-refractivity contribution in [3.8, 4) is 44.5 Å². The van der Waals surface area contributed by atoms with Crippen LogP contribution in [-0.2, 0) is 0 Å². The van der Waals surface area contributed by atoms with Gasteiger partial charge < -0.3 is 13.7 Å². The van der Waals surface area contributed by atoms with Crippen LogP contribution < -0.4 is 4.90 Å². The van der Waals surface area contributed by atoms with Crippen LogP contribution >= 0.6 is 0 Å². The Kier molecular flexibility index (Phi) is 8.17. The van der Waals surface area contributed by atoms with Crippen LogP contribution in [0, 0.1) is 0 Å². The Hall–Kier alpha value is -8.14. The monoisotopic (exact) mass is 779 g/mol. The summed E-state index contributed by atoms with van der Waals surface area (Å²) in [6, 6.07) is 79.7. The first-order valence-electron chi connectivity index (χ1n) is 20.7. The van der Waals surface area contributed by atoms with Crippen LogP contribution in [0.4, 0.5) is 17.1 Å². The van der Waals surface area contributed by atoms with E-state index in [1.165, 1.54) is 16.3 Å². The van der Waals surface area contributed by atoms with E-state index in [1.807, 2.05) is 12.1 Å². The van der Waals surface area contributed by atoms with Gasteiger partial charge >= 0.3 is 0 Å². The zero-order valence-corrected chi connectivity index (χ0v) is 33.1. The highest BCUT2D eigenvalue weighted by atomic mass is 16.3. The van der Waals surface area contributed by atoms with E-state index in [0.717, 1.165) is 99.9 Å². The van der Waals surface area contributed by atoms with Gasteiger partial charge in [0.1, 0.15) is 16.7 Å². The Bertz CT molecular complexity index is 3560. The van der Waals surface area contributed by atoms with Crippen LogP contribution in [0.15, 0.2) is 233 Å². The van der Waals surface area contributed by atoms with Gasteiger partial charge in [-0.1, -0.05) is 176 Å². The van der Waals surface area contributed by atoms with Crippen molar-refractivity contribution in [2.24, 2.45) is 0 Å². The zero-order valence-electron chi connectivity index (χ0n) is 33.1. The second kappa shape index (κ2) is 14.3. The normalized spacial score (nSPS) is 11.6. The van der Waals surface area contributed by atoms with Crippen molar-refractivity contribution in [1.29, 1.82) is 0 Å². The molecule has 0 unspecified atom stereocenters. The molecule has 0 radical (unpaired) electrons. The van der Waals surface area contributed by atoms with E-state index in [4.69, 9.17) is 8.83 Å². The number of anilines is 3. The van der Waals surface area contributed by atoms with Crippen LogP contribution in [0.2, 0.25) is 0 Å². The number of nitrogens with zero attached hydrogens (tertiary/aromatic N) is 1. The molecule has 61 heavy (non-hydrogen) atoms. The van der Waals surface area contributed by atoms with Gasteiger partial charge in [0.15, 0.2) is 5.58 Å². The topological polar surface area (TPSA) is 29.5 Å². The molecule has 0 aliphatic heterocycles. The average molecular weight is 780 g/mol. The Morgan fingerprint density at radius 2 is 0.770 bits per heavy atom. The molecule has 3 heteroatoms. The first-order chi connectivity index (χ1) is 30.2. The number of fused-ring (bicyclic) bond motifs is 7. The van der Waals surface area contributed by atoms with Crippen molar-refractivity contribution in [2.75, 3.05) is 4.90 Å². The maximum absolute atomic E-state index is 6.86. The van der Waals surface area contributed by atoms with Crippen molar-refractivity contribution in [2.45, 2.75) is 0 Å². The molecular weight excluding hydrogens is 743 g/mol. The Labute approximate surface area is 353 Å². The number of hydrogen-bond acceptors (Lipinski definition) is 3. The van der Waals surface area contributed by atoms with Gasteiger partial charge in [-0.15, -0.1) is 0 Å². The van der Waals surface area contributed by atoms with Crippen LogP contribution in [0.1, 0.15) is 0 Å². The summed E-state index contributed by atoms with van der Waals surface area (Å²) in [6.45, 7) is 0. The predicted molar refractivity (Wildman–Crippen MR) is 255 cm³/mol. The molecule has 2 heterocycles. The fourth-order valence-corrected chi connectivity index (χ4v) is 9.05. The maximum Gasteiger partial charge on any atom is 0.159 e. The lowest BCUT2D eigenvalue weighted by Crippen LogP contribution is -2.10. The van der Waals surface area contributed by atoms with Crippen molar-refractivity contribution in [3.05, 3.63) is 224 Å². The summed E-state index contributed by atoms with van der Waals surface area (Å²) in [7, 11) is 0. The Morgan fingerprint density at radius 3 is 1.44 bits per heavy atom. The highest BCUT2D eigenvalue weighted by Gasteiger charge is 2.21. The van der Waals surface area contributed by atoms with Crippen LogP contribution in [0.5, 0.6) is 0 Å². The van der Waals surface area contributed by atoms with Gasteiger partial charge in [-0.3, -0.25) is 0 Å². The molecule has 0 atom stereocenters. The summed E-state index contributed by atoms with van der Waals surface area (Å²) < 4.78 is 13.7. The molecule has 0 N–H and O–H groups in total. The second-order valence-corrected chi connectivity index (χ2v) is 15.7. The fourth-order valence-electron chi connectivity index (χ4n) is 9.05. The van der Waals surface area contributed by atoms with Gasteiger partial charge in [-0.05, 0) is 92.7 Å². The van der Waals surface area contributed by atoms with Crippen LogP contribution in [0.25, 0.3) is 99.2 Å². The van der Waals surface area contributed by atoms with Crippen molar-refractivity contribution in [1.82, 2.24) is 0 Å². The molecule has 0 aliphatic carbocycles. The van der Waals surface area contributed by atoms with Crippen molar-refractivity contribution >= 4 is 71.7 Å². The standard InChI is InChI=1S/C58H37NO2/c1-3-12-38(13-4-1)45-30-35-50-51-22-11-23-54(58(51)60-55(50)37-45)59(46-31-26-40(27-32-46)44-25-24-39-14-7-8-17-43(39)36-44)47-33-28-42(29-34-47)49-19-10-21-53-52-20-9-18-48(56(52)61-57(49)53)41-15-5-2-6-16-41/h1-37H. The van der Waals surface area contributed by atoms with Crippen LogP contribution in [-0.4, -0.2) is 0 Å². The second-order valence-electron chi connectivity index (χ2n) is 15.7. The third-order valence-electron chi connectivity index (χ3n) is 12.1. The van der Waals surface area contributed by atoms with E-state index in [-0.39, 0.29) is 0 Å². The molecule has 0 amide bonds. The van der Waals surface area contributed by atoms with E-state index < -0.39 is 0 Å². The third-order valence-corrected chi connectivity index (χ3v) is 12.1. The maximum atomic E-state index is 6.86. The number of para-hydroxylation sites is 3. The summed E-state index contributed by atoms with van der Waals surface area (Å²) in [5, 5.41) is 6.85. The van der Waals surface area contributed by atoms with E-state index in [2.05, 4.69) is 217 Å². The molecule has 0 fully saturated rings. The van der Waals surface area contributed by atoms with Gasteiger partial charge in [-0.25, -0.2) is 0 Å². The van der Waals surface area contributed by atoms with Gasteiger partial charge in [0, 0.05) is 44.0 Å². The third kappa shape index (κ3) is 5.98. The highest BCUT2D eigenvalue weighted by Crippen LogP contribution is 2.45. The number of hydrogen-bond donors (Lipinski definition) is 0. The van der Waals surface area contributed by atoms with Gasteiger partial charge in [0.2, 0.25) is 0 Å². The SMILES string of the molecule is c1ccc(-c2ccc3c(c2)oc2c(N(c4ccc(-c5ccc6ccccc6c5)cc4)c4ccc(-c5cccc6c5oc5c(-c7ccccc7)cccc56)cc4)cccc23)cc1. The van der Waals surface area contributed by atoms with Gasteiger partial charge in [0.05, 0.1) is 5.69 Å². The summed E-state index contributed by atoms with van der Waals surface area (Å²) in [5.41, 5.74) is 15.5. The smallest absolute Gasteiger partial charge is 0.159 e. The summed E-state index contributed by atoms with van der Waals surface area (Å²) in [4.78, 5) is 2.31. The number of rotatable bonds is 7. The molecule has 0 spiro atoms. The largest absolute Gasteiger partial charge is 0.455 e. The van der Waals surface area contributed by atoms with Gasteiger partial charge in [0.25, 0.3) is 0 Å². The van der Waals surface area contributed by atoms with Crippen molar-refractivity contribution < 1.29 is 8.83 Å². The molecule has 12 aromatic rings. The minimum Gasteiger partial charge on any atom is -0.455 e. The van der Waals surface area contributed by atoms with E-state index in [9.17, 15) is 0 Å². The lowest BCUT2D eigenvalue weighted by atomic mass is 9.99. The lowest BCUT2D eigenvalue weighted by Gasteiger charge is -2.26. The lowest BCUT2D eigenvalue weighted by molar-refractivity contribution is 0.669. The van der Waals surface area contributed by atoms with Gasteiger partial charge in [-0.2, -0.15) is 0 Å². The zero-order chi connectivity index (χ0) is 40.3. The summed E-state index contributed by atoms with van der Waals surface area (Å²) in [5.74, 6) is 0. The first-order valence-corrected chi connectivity index (χ1v) is 20.7. The molecule has 0 saturated heterocycles. The molecule has 0 aliphatic rings. The number of benzene rings is 10. The fraction of sp³-hybridized carbons (Fsp3) is 0. The first kappa shape index (κ1) is 34.9.